The van der Waals surface area contributed by atoms with Crippen molar-refractivity contribution in [3.63, 3.8) is 0 Å². The first kappa shape index (κ1) is 9.91. The molecule has 0 aromatic carbocycles. The number of carboxylic acids is 1. The molecule has 0 spiro atoms. The first-order valence-corrected chi connectivity index (χ1v) is 3.76. The molecule has 0 radical (unpaired) electrons. The summed E-state index contributed by atoms with van der Waals surface area (Å²) in [6, 6.07) is 4.76. The molecule has 0 saturated carbocycles. The lowest BCUT2D eigenvalue weighted by Crippen LogP contribution is -2.27. The number of carbonyl (C=O) groups is 2. The summed E-state index contributed by atoms with van der Waals surface area (Å²) in [7, 11) is 0. The van der Waals surface area contributed by atoms with Crippen LogP contribution >= 0.6 is 0 Å². The molecular formula is C9H8N2O3. The third kappa shape index (κ3) is 2.41. The molecule has 1 heterocycles. The van der Waals surface area contributed by atoms with E-state index >= 15 is 0 Å². The van der Waals surface area contributed by atoms with Crippen LogP contribution in [0.25, 0.3) is 0 Å². The second-order valence-electron chi connectivity index (χ2n) is 2.45. The molecule has 1 amide bonds. The van der Waals surface area contributed by atoms with Crippen LogP contribution in [0.5, 0.6) is 0 Å². The van der Waals surface area contributed by atoms with Gasteiger partial charge in [-0.3, -0.25) is 9.78 Å². The minimum Gasteiger partial charge on any atom is -0.477 e. The van der Waals surface area contributed by atoms with Crippen molar-refractivity contribution >= 4 is 11.9 Å². The highest BCUT2D eigenvalue weighted by atomic mass is 16.4. The Labute approximate surface area is 80.1 Å². The van der Waals surface area contributed by atoms with Crippen molar-refractivity contribution in [1.82, 2.24) is 10.3 Å². The minimum absolute atomic E-state index is 0.148. The van der Waals surface area contributed by atoms with Crippen LogP contribution < -0.4 is 5.32 Å². The van der Waals surface area contributed by atoms with E-state index in [1.807, 2.05) is 0 Å². The van der Waals surface area contributed by atoms with Crippen molar-refractivity contribution in [3.05, 3.63) is 42.4 Å². The van der Waals surface area contributed by atoms with Crippen molar-refractivity contribution in [2.24, 2.45) is 0 Å². The molecule has 0 bridgehead atoms. The second-order valence-corrected chi connectivity index (χ2v) is 2.45. The quantitative estimate of drug-likeness (QED) is 0.680. The fourth-order valence-electron chi connectivity index (χ4n) is 0.752. The summed E-state index contributed by atoms with van der Waals surface area (Å²) in [6.07, 6.45) is 1.44. The summed E-state index contributed by atoms with van der Waals surface area (Å²) in [4.78, 5) is 25.3. The molecular weight excluding hydrogens is 184 g/mol. The van der Waals surface area contributed by atoms with E-state index in [0.717, 1.165) is 0 Å². The average molecular weight is 192 g/mol. The van der Waals surface area contributed by atoms with E-state index < -0.39 is 11.9 Å². The maximum absolute atomic E-state index is 11.3. The lowest BCUT2D eigenvalue weighted by atomic mass is 10.3. The van der Waals surface area contributed by atoms with Crippen molar-refractivity contribution in [1.29, 1.82) is 0 Å². The zero-order valence-corrected chi connectivity index (χ0v) is 7.23. The Morgan fingerprint density at radius 3 is 2.64 bits per heavy atom. The highest BCUT2D eigenvalue weighted by Crippen LogP contribution is 1.94. The summed E-state index contributed by atoms with van der Waals surface area (Å²) in [5, 5.41) is 10.5. The monoisotopic (exact) mass is 192 g/mol. The molecule has 0 aliphatic rings. The normalized spacial score (nSPS) is 9.14. The Hall–Kier alpha value is -2.17. The predicted octanol–water partition coefficient (Wildman–Crippen LogP) is 0.410. The number of nitrogens with one attached hydrogen (secondary N) is 1. The summed E-state index contributed by atoms with van der Waals surface area (Å²) in [5.41, 5.74) is -0.226. The number of hydrogen-bond donors (Lipinski definition) is 2. The Morgan fingerprint density at radius 1 is 1.43 bits per heavy atom. The van der Waals surface area contributed by atoms with Crippen molar-refractivity contribution in [3.8, 4) is 0 Å². The highest BCUT2D eigenvalue weighted by Gasteiger charge is 2.10. The van der Waals surface area contributed by atoms with Gasteiger partial charge in [-0.05, 0) is 12.1 Å². The molecule has 0 fully saturated rings. The van der Waals surface area contributed by atoms with Crippen LogP contribution in [0.3, 0.4) is 0 Å². The molecule has 0 atom stereocenters. The summed E-state index contributed by atoms with van der Waals surface area (Å²) >= 11 is 0. The molecule has 14 heavy (non-hydrogen) atoms. The molecule has 72 valence electrons. The van der Waals surface area contributed by atoms with Crippen LogP contribution in [0, 0.1) is 0 Å². The lowest BCUT2D eigenvalue weighted by molar-refractivity contribution is -0.132. The molecule has 1 rings (SSSR count). The maximum Gasteiger partial charge on any atom is 0.351 e. The molecule has 5 nitrogen and oxygen atoms in total. The van der Waals surface area contributed by atoms with Crippen LogP contribution in [0.1, 0.15) is 10.5 Å². The first-order valence-electron chi connectivity index (χ1n) is 3.76. The Kier molecular flexibility index (Phi) is 2.96. The van der Waals surface area contributed by atoms with Gasteiger partial charge in [-0.2, -0.15) is 0 Å². The van der Waals surface area contributed by atoms with Crippen molar-refractivity contribution < 1.29 is 14.7 Å². The van der Waals surface area contributed by atoms with Crippen LogP contribution in [0.4, 0.5) is 0 Å². The van der Waals surface area contributed by atoms with Crippen molar-refractivity contribution in [2.45, 2.75) is 0 Å². The van der Waals surface area contributed by atoms with E-state index in [4.69, 9.17) is 5.11 Å². The van der Waals surface area contributed by atoms with Crippen LogP contribution in [0.15, 0.2) is 36.7 Å². The van der Waals surface area contributed by atoms with Gasteiger partial charge in [0.25, 0.3) is 5.91 Å². The van der Waals surface area contributed by atoms with E-state index in [1.165, 1.54) is 12.3 Å². The van der Waals surface area contributed by atoms with Crippen LogP contribution in [-0.4, -0.2) is 22.0 Å². The van der Waals surface area contributed by atoms with Gasteiger partial charge in [0, 0.05) is 6.20 Å². The second kappa shape index (κ2) is 4.18. The Bertz CT molecular complexity index is 373. The Morgan fingerprint density at radius 2 is 2.14 bits per heavy atom. The molecule has 2 N–H and O–H groups in total. The van der Waals surface area contributed by atoms with E-state index in [2.05, 4.69) is 16.9 Å². The number of hydrogen-bond acceptors (Lipinski definition) is 3. The molecule has 0 saturated heterocycles. The smallest absolute Gasteiger partial charge is 0.351 e. The molecule has 1 aromatic heterocycles. The number of pyridine rings is 1. The van der Waals surface area contributed by atoms with Gasteiger partial charge in [0.05, 0.1) is 0 Å². The fraction of sp³-hybridized carbons (Fsp3) is 0. The van der Waals surface area contributed by atoms with Crippen molar-refractivity contribution in [2.75, 3.05) is 0 Å². The van der Waals surface area contributed by atoms with Gasteiger partial charge in [-0.25, -0.2) is 4.79 Å². The SMILES string of the molecule is C=C(NC(=O)c1ccccn1)C(=O)O. The van der Waals surface area contributed by atoms with Gasteiger partial charge in [-0.15, -0.1) is 0 Å². The van der Waals surface area contributed by atoms with Gasteiger partial charge >= 0.3 is 5.97 Å². The number of aliphatic carboxylic acids is 1. The zero-order valence-electron chi connectivity index (χ0n) is 7.23. The standard InChI is InChI=1S/C9H8N2O3/c1-6(9(13)14)11-8(12)7-4-2-3-5-10-7/h2-5H,1H2,(H,11,12)(H,13,14). The van der Waals surface area contributed by atoms with Crippen LogP contribution in [-0.2, 0) is 4.79 Å². The number of aromatic nitrogens is 1. The third-order valence-electron chi connectivity index (χ3n) is 1.42. The van der Waals surface area contributed by atoms with E-state index in [-0.39, 0.29) is 11.4 Å². The first-order chi connectivity index (χ1) is 6.61. The van der Waals surface area contributed by atoms with Crippen LogP contribution in [0.2, 0.25) is 0 Å². The topological polar surface area (TPSA) is 79.3 Å². The Balaban J connectivity index is 2.69. The van der Waals surface area contributed by atoms with Gasteiger partial charge in [0.15, 0.2) is 0 Å². The number of rotatable bonds is 3. The third-order valence-corrected chi connectivity index (χ3v) is 1.42. The molecule has 0 aliphatic heterocycles. The number of carbonyl (C=O) groups excluding carboxylic acids is 1. The average Bonchev–Trinajstić information content (AvgIpc) is 2.19. The zero-order chi connectivity index (χ0) is 10.6. The lowest BCUT2D eigenvalue weighted by Gasteiger charge is -2.02. The molecule has 1 aromatic rings. The summed E-state index contributed by atoms with van der Waals surface area (Å²) in [6.45, 7) is 3.16. The molecule has 5 heteroatoms. The van der Waals surface area contributed by atoms with E-state index in [0.29, 0.717) is 0 Å². The van der Waals surface area contributed by atoms with Gasteiger partial charge in [0.2, 0.25) is 0 Å². The minimum atomic E-state index is -1.27. The number of amides is 1. The maximum atomic E-state index is 11.3. The predicted molar refractivity (Wildman–Crippen MR) is 48.5 cm³/mol. The fourth-order valence-corrected chi connectivity index (χ4v) is 0.752. The summed E-state index contributed by atoms with van der Waals surface area (Å²) < 4.78 is 0. The largest absolute Gasteiger partial charge is 0.477 e. The van der Waals surface area contributed by atoms with Gasteiger partial charge in [0.1, 0.15) is 11.4 Å². The number of carboxylic acid groups (broad SMARTS) is 1. The van der Waals surface area contributed by atoms with E-state index in [9.17, 15) is 9.59 Å². The van der Waals surface area contributed by atoms with Gasteiger partial charge in [-0.1, -0.05) is 12.6 Å². The van der Waals surface area contributed by atoms with E-state index in [1.54, 1.807) is 12.1 Å². The molecule has 0 aliphatic carbocycles. The highest BCUT2D eigenvalue weighted by molar-refractivity contribution is 5.98. The van der Waals surface area contributed by atoms with Gasteiger partial charge < -0.3 is 10.4 Å². The number of nitrogens with zero attached hydrogens (tertiary/aromatic N) is 1. The molecule has 0 unspecified atom stereocenters. The summed E-state index contributed by atoms with van der Waals surface area (Å²) in [5.74, 6) is -1.85.